The number of fused-ring (bicyclic) bond motifs is 2. The molecule has 4 heterocycles. The molecule has 0 saturated carbocycles. The van der Waals surface area contributed by atoms with E-state index in [0.717, 1.165) is 90.9 Å². The highest BCUT2D eigenvalue weighted by Gasteiger charge is 2.30. The lowest BCUT2D eigenvalue weighted by molar-refractivity contribution is 0.0795. The highest BCUT2D eigenvalue weighted by molar-refractivity contribution is 7.19. The van der Waals surface area contributed by atoms with E-state index in [1.165, 1.54) is 16.9 Å². The van der Waals surface area contributed by atoms with Crippen LogP contribution in [-0.2, 0) is 12.8 Å². The Morgan fingerprint density at radius 1 is 1.14 bits per heavy atom. The van der Waals surface area contributed by atoms with Crippen molar-refractivity contribution in [3.63, 3.8) is 0 Å². The normalized spacial score (nSPS) is 18.8. The van der Waals surface area contributed by atoms with Gasteiger partial charge in [0.1, 0.15) is 10.3 Å². The maximum atomic E-state index is 13.6. The number of piperidine rings is 1. The molecule has 1 saturated heterocycles. The summed E-state index contributed by atoms with van der Waals surface area (Å²) in [6.07, 6.45) is 8.37. The second kappa shape index (κ2) is 12.3. The number of benzene rings is 1. The predicted octanol–water partition coefficient (Wildman–Crippen LogP) is 4.91. The summed E-state index contributed by atoms with van der Waals surface area (Å²) in [6.45, 7) is 9.43. The molecule has 0 bridgehead atoms. The van der Waals surface area contributed by atoms with Crippen molar-refractivity contribution in [1.29, 1.82) is 0 Å². The molecular weight excluding hydrogens is 560 g/mol. The lowest BCUT2D eigenvalue weighted by Gasteiger charge is -2.34. The summed E-state index contributed by atoms with van der Waals surface area (Å²) < 4.78 is 0. The molecule has 1 aromatic carbocycles. The zero-order valence-electron chi connectivity index (χ0n) is 25.1. The fraction of sp³-hybridized carbons (Fsp3) is 0.485. The zero-order valence-corrected chi connectivity index (χ0v) is 25.9. The van der Waals surface area contributed by atoms with Gasteiger partial charge in [-0.1, -0.05) is 56.4 Å². The summed E-state index contributed by atoms with van der Waals surface area (Å²) in [7, 11) is 0. The summed E-state index contributed by atoms with van der Waals surface area (Å²) in [6, 6.07) is 9.93. The molecule has 3 aromatic heterocycles. The second-order valence-electron chi connectivity index (χ2n) is 13.1. The standard InChI is InChI=1S/C33H40N6O3S/c1-33(2,3)24-8-9-26-22(16-24)17-28-30(37-26)43-31(38-28)29(41)36-27(12-15-39-13-10-25(40)11-14-39)21-6-4-20(5-7-21)23-18-34-32(42)35-19-23/h4-7,17-19,24-25,27,40H,8-16H2,1-3H3,(H,36,41)(H,34,35,42)/t24-,27+/m0/s1. The van der Waals surface area contributed by atoms with Crippen LogP contribution in [0.2, 0.25) is 0 Å². The lowest BCUT2D eigenvalue weighted by atomic mass is 9.71. The third-order valence-electron chi connectivity index (χ3n) is 9.08. The molecule has 10 heteroatoms. The second-order valence-corrected chi connectivity index (χ2v) is 14.0. The van der Waals surface area contributed by atoms with Crippen LogP contribution >= 0.6 is 11.3 Å². The van der Waals surface area contributed by atoms with Crippen molar-refractivity contribution < 1.29 is 9.90 Å². The highest BCUT2D eigenvalue weighted by atomic mass is 32.1. The first kappa shape index (κ1) is 29.6. The summed E-state index contributed by atoms with van der Waals surface area (Å²) in [5.41, 5.74) is 5.81. The SMILES string of the molecule is CC(C)(C)[C@H]1CCc2nc3sc(C(=O)N[C@H](CCN4CCC(O)CC4)c4ccc(-c5cnc(=O)[nH]c5)cc4)nc3cc2C1. The molecule has 1 amide bonds. The van der Waals surface area contributed by atoms with Crippen LogP contribution in [0.3, 0.4) is 0 Å². The van der Waals surface area contributed by atoms with Crippen molar-refractivity contribution in [1.82, 2.24) is 30.2 Å². The van der Waals surface area contributed by atoms with Crippen LogP contribution in [0.1, 0.15) is 79.1 Å². The molecule has 2 aliphatic rings. The minimum Gasteiger partial charge on any atom is -0.393 e. The Morgan fingerprint density at radius 3 is 2.60 bits per heavy atom. The molecule has 0 unspecified atom stereocenters. The van der Waals surface area contributed by atoms with Crippen LogP contribution in [0.5, 0.6) is 0 Å². The topological polar surface area (TPSA) is 124 Å². The minimum atomic E-state index is -0.382. The molecule has 0 spiro atoms. The van der Waals surface area contributed by atoms with Crippen LogP contribution in [-0.4, -0.2) is 61.6 Å². The molecule has 1 aliphatic heterocycles. The molecule has 226 valence electrons. The highest BCUT2D eigenvalue weighted by Crippen LogP contribution is 2.38. The van der Waals surface area contributed by atoms with Gasteiger partial charge in [-0.25, -0.2) is 19.7 Å². The molecule has 9 nitrogen and oxygen atoms in total. The number of pyridine rings is 1. The fourth-order valence-corrected chi connectivity index (χ4v) is 7.10. The predicted molar refractivity (Wildman–Crippen MR) is 169 cm³/mol. The zero-order chi connectivity index (χ0) is 30.1. The van der Waals surface area contributed by atoms with Crippen LogP contribution in [0, 0.1) is 11.3 Å². The number of rotatable bonds is 7. The largest absolute Gasteiger partial charge is 0.393 e. The molecule has 2 atom stereocenters. The maximum Gasteiger partial charge on any atom is 0.344 e. The van der Waals surface area contributed by atoms with Crippen LogP contribution in [0.25, 0.3) is 21.5 Å². The molecular formula is C33H40N6O3S. The van der Waals surface area contributed by atoms with Gasteiger partial charge in [-0.15, -0.1) is 0 Å². The Hall–Kier alpha value is -3.47. The van der Waals surface area contributed by atoms with Gasteiger partial charge in [0, 0.05) is 43.3 Å². The van der Waals surface area contributed by atoms with E-state index in [4.69, 9.17) is 9.97 Å². The molecule has 0 radical (unpaired) electrons. The van der Waals surface area contributed by atoms with Gasteiger partial charge in [-0.05, 0) is 72.6 Å². The molecule has 43 heavy (non-hydrogen) atoms. The third-order valence-corrected chi connectivity index (χ3v) is 10.0. The summed E-state index contributed by atoms with van der Waals surface area (Å²) in [5.74, 6) is 0.415. The molecule has 1 fully saturated rings. The molecule has 1 aliphatic carbocycles. The van der Waals surface area contributed by atoms with Crippen molar-refractivity contribution in [2.24, 2.45) is 11.3 Å². The van der Waals surface area contributed by atoms with Gasteiger partial charge in [0.05, 0.1) is 12.1 Å². The van der Waals surface area contributed by atoms with Gasteiger partial charge in [0.15, 0.2) is 5.01 Å². The van der Waals surface area contributed by atoms with Gasteiger partial charge < -0.3 is 20.3 Å². The van der Waals surface area contributed by atoms with E-state index in [2.05, 4.69) is 47.0 Å². The first-order valence-corrected chi connectivity index (χ1v) is 16.1. The number of carbonyl (C=O) groups is 1. The van der Waals surface area contributed by atoms with Gasteiger partial charge in [0.2, 0.25) is 0 Å². The van der Waals surface area contributed by atoms with E-state index in [1.807, 2.05) is 24.3 Å². The van der Waals surface area contributed by atoms with Crippen molar-refractivity contribution in [3.05, 3.63) is 75.0 Å². The third kappa shape index (κ3) is 6.87. The first-order valence-electron chi connectivity index (χ1n) is 15.3. The van der Waals surface area contributed by atoms with E-state index in [1.54, 1.807) is 12.4 Å². The number of nitrogens with zero attached hydrogens (tertiary/aromatic N) is 4. The molecule has 3 N–H and O–H groups in total. The van der Waals surface area contributed by atoms with Crippen LogP contribution in [0.4, 0.5) is 0 Å². The van der Waals surface area contributed by atoms with E-state index in [0.29, 0.717) is 10.9 Å². The number of aryl methyl sites for hydroxylation is 1. The number of H-pyrrole nitrogens is 1. The summed E-state index contributed by atoms with van der Waals surface area (Å²) >= 11 is 1.36. The monoisotopic (exact) mass is 600 g/mol. The maximum absolute atomic E-state index is 13.6. The van der Waals surface area contributed by atoms with Gasteiger partial charge in [-0.2, -0.15) is 0 Å². The lowest BCUT2D eigenvalue weighted by Crippen LogP contribution is -2.38. The van der Waals surface area contributed by atoms with E-state index in [9.17, 15) is 14.7 Å². The number of hydrogen-bond donors (Lipinski definition) is 3. The smallest absolute Gasteiger partial charge is 0.344 e. The van der Waals surface area contributed by atoms with E-state index < -0.39 is 0 Å². The van der Waals surface area contributed by atoms with Crippen molar-refractivity contribution in [2.45, 2.75) is 71.4 Å². The fourth-order valence-electron chi connectivity index (χ4n) is 6.25. The number of aliphatic hydroxyl groups excluding tert-OH is 1. The van der Waals surface area contributed by atoms with Gasteiger partial charge in [0.25, 0.3) is 5.91 Å². The van der Waals surface area contributed by atoms with Crippen molar-refractivity contribution >= 4 is 27.6 Å². The van der Waals surface area contributed by atoms with Crippen molar-refractivity contribution in [3.8, 4) is 11.1 Å². The number of thiazole rings is 1. The number of nitrogens with one attached hydrogen (secondary N) is 2. The van der Waals surface area contributed by atoms with Gasteiger partial charge in [-0.3, -0.25) is 4.79 Å². The van der Waals surface area contributed by atoms with Crippen LogP contribution < -0.4 is 11.0 Å². The first-order chi connectivity index (χ1) is 20.6. The Bertz CT molecular complexity index is 1630. The number of likely N-dealkylation sites (tertiary alicyclic amines) is 1. The average Bonchev–Trinajstić information content (AvgIpc) is 3.41. The Morgan fingerprint density at radius 2 is 1.91 bits per heavy atom. The molecule has 4 aromatic rings. The minimum absolute atomic E-state index is 0.193. The Labute approximate surface area is 255 Å². The number of aliphatic hydroxyl groups is 1. The quantitative estimate of drug-likeness (QED) is 0.275. The van der Waals surface area contributed by atoms with E-state index in [-0.39, 0.29) is 29.2 Å². The average molecular weight is 601 g/mol. The number of hydrogen-bond acceptors (Lipinski definition) is 8. The van der Waals surface area contributed by atoms with Gasteiger partial charge >= 0.3 is 5.69 Å². The molecule has 6 rings (SSSR count). The summed E-state index contributed by atoms with van der Waals surface area (Å²) in [4.78, 5) is 44.3. The Balaban J connectivity index is 1.21. The Kier molecular flexibility index (Phi) is 8.44. The number of aromatic nitrogens is 4. The summed E-state index contributed by atoms with van der Waals surface area (Å²) in [5, 5.41) is 13.6. The number of amides is 1. The van der Waals surface area contributed by atoms with E-state index >= 15 is 0 Å². The van der Waals surface area contributed by atoms with Crippen LogP contribution in [0.15, 0.2) is 47.5 Å². The number of carbonyl (C=O) groups excluding carboxylic acids is 1. The van der Waals surface area contributed by atoms with Crippen molar-refractivity contribution in [2.75, 3.05) is 19.6 Å². The number of aromatic amines is 1.